The minimum atomic E-state index is -1.49. The molecule has 15 N–H and O–H groups in total. The molecule has 32 nitrogen and oxygen atoms in total. The first-order valence-electron chi connectivity index (χ1n) is 27.9. The Bertz CT molecular complexity index is 1820. The van der Waals surface area contributed by atoms with Crippen molar-refractivity contribution >= 4 is 29.6 Å². The Labute approximate surface area is 483 Å². The molecule has 5 heterocycles. The first-order chi connectivity index (χ1) is 39.5. The zero-order valence-corrected chi connectivity index (χ0v) is 48.8. The van der Waals surface area contributed by atoms with Crippen LogP contribution in [0.1, 0.15) is 73.6 Å². The number of carbonyl (C=O) groups excluding carboxylic acids is 5. The smallest absolute Gasteiger partial charge is 0.332 e. The summed E-state index contributed by atoms with van der Waals surface area (Å²) in [6, 6.07) is 0. The third-order valence-corrected chi connectivity index (χ3v) is 13.4. The van der Waals surface area contributed by atoms with E-state index < -0.39 is 140 Å². The summed E-state index contributed by atoms with van der Waals surface area (Å²) >= 11 is 0. The predicted molar refractivity (Wildman–Crippen MR) is 283 cm³/mol. The van der Waals surface area contributed by atoms with Crippen LogP contribution >= 0.6 is 0 Å². The first-order valence-corrected chi connectivity index (χ1v) is 27.9. The molecule has 0 aliphatic carbocycles. The number of nitrogens with zero attached hydrogens (tertiary/aromatic N) is 1. The number of rotatable bonds is 28. The number of methoxy groups -OCH3 is 2. The maximum atomic E-state index is 11.4. The number of hydrogen-bond donors (Lipinski definition) is 13. The Morgan fingerprint density at radius 2 is 0.843 bits per heavy atom. The number of hydrogen-bond acceptors (Lipinski definition) is 29. The van der Waals surface area contributed by atoms with Crippen molar-refractivity contribution in [2.24, 2.45) is 23.3 Å². The molecule has 20 unspecified atom stereocenters. The summed E-state index contributed by atoms with van der Waals surface area (Å²) in [5.74, 6) is -2.62. The van der Waals surface area contributed by atoms with Crippen molar-refractivity contribution in [2.75, 3.05) is 99.9 Å². The standard InChI is InChI=1S/C24H44N2O12.C18H36N2O10.C7H9NO4.C2H6O/c1-5-16(27)25-7-9-34-11-14-13(3)18(29)20(31)24(36-14)38-22-15(12-35-10-8-26-17(28)6-2)37-23(33-4)21(32)19(22)30;1-9-10(7-26-5-3-19)28-18(14(23)12(9)21)30-16-11(8-27-6-4-20)29-17(25-2)15(24)13(16)22;1-2-7(11)12-8-5(9)3-4-6(8)10;1-2-3/h13-15,18-24,29-32H,5-12H2,1-4H3,(H,25,27)(H,26,28);9-18,21-24H,3-8,19-20H2,1-2H3;2-4H2,1H3;3H,2H2,1H3. The van der Waals surface area contributed by atoms with Gasteiger partial charge in [0.25, 0.3) is 11.8 Å². The second kappa shape index (κ2) is 40.9. The number of carbonyl (C=O) groups is 5. The Morgan fingerprint density at radius 3 is 1.17 bits per heavy atom. The van der Waals surface area contributed by atoms with E-state index in [-0.39, 0.29) is 97.0 Å². The number of nitrogens with two attached hydrogens (primary N) is 2. The first kappa shape index (κ1) is 75.7. The van der Waals surface area contributed by atoms with E-state index >= 15 is 0 Å². The van der Waals surface area contributed by atoms with Gasteiger partial charge in [-0.1, -0.05) is 34.6 Å². The van der Waals surface area contributed by atoms with E-state index in [1.54, 1.807) is 41.5 Å². The summed E-state index contributed by atoms with van der Waals surface area (Å²) in [7, 11) is 2.64. The van der Waals surface area contributed by atoms with Crippen LogP contribution in [0.2, 0.25) is 0 Å². The maximum absolute atomic E-state index is 11.4. The molecular formula is C51H95N5O27. The topological polar surface area (TPSA) is 467 Å². The summed E-state index contributed by atoms with van der Waals surface area (Å²) < 4.78 is 66.9. The molecule has 0 radical (unpaired) electrons. The fourth-order valence-electron chi connectivity index (χ4n) is 8.42. The van der Waals surface area contributed by atoms with Crippen LogP contribution < -0.4 is 22.1 Å². The quantitative estimate of drug-likeness (QED) is 0.0256. The molecule has 0 aromatic heterocycles. The Hall–Kier alpha value is -3.37. The van der Waals surface area contributed by atoms with Crippen LogP contribution in [-0.2, 0) is 85.7 Å². The van der Waals surface area contributed by atoms with Crippen molar-refractivity contribution in [3.05, 3.63) is 0 Å². The third kappa shape index (κ3) is 24.4. The van der Waals surface area contributed by atoms with Crippen molar-refractivity contribution < 1.29 is 132 Å². The zero-order valence-electron chi connectivity index (χ0n) is 48.8. The SMILES string of the molecule is CCC(=O)NCCOCC1OC(OC2C(COCCNC(=O)CC)OC(OC)C(O)C2O)C(O)C(O)C1C.CCC(=O)ON1C(=O)CCC1=O.CCO.COC1OC(COCCN)C(OC2OC(COCCN)C(C)C(O)C2O)C(O)C1O. The van der Waals surface area contributed by atoms with E-state index in [4.69, 9.17) is 73.4 Å². The lowest BCUT2D eigenvalue weighted by atomic mass is 9.90. The van der Waals surface area contributed by atoms with Crippen molar-refractivity contribution in [1.82, 2.24) is 15.7 Å². The summed E-state index contributed by atoms with van der Waals surface area (Å²) in [5.41, 5.74) is 10.9. The van der Waals surface area contributed by atoms with Crippen LogP contribution in [0.3, 0.4) is 0 Å². The Morgan fingerprint density at radius 1 is 0.518 bits per heavy atom. The molecule has 0 saturated carbocycles. The van der Waals surface area contributed by atoms with Crippen LogP contribution in [-0.4, -0.2) is 291 Å². The van der Waals surface area contributed by atoms with Gasteiger partial charge in [0, 0.05) is 90.9 Å². The van der Waals surface area contributed by atoms with Crippen LogP contribution in [0.25, 0.3) is 0 Å². The fraction of sp³-hybridized carbons (Fsp3) is 0.902. The lowest BCUT2D eigenvalue weighted by Gasteiger charge is -2.46. The number of imide groups is 1. The van der Waals surface area contributed by atoms with Crippen molar-refractivity contribution in [2.45, 2.75) is 184 Å². The summed E-state index contributed by atoms with van der Waals surface area (Å²) in [6.07, 6.45) is -20.2. The molecule has 20 atom stereocenters. The highest BCUT2D eigenvalue weighted by atomic mass is 16.8. The van der Waals surface area contributed by atoms with Gasteiger partial charge in [0.2, 0.25) is 11.8 Å². The Balaban J connectivity index is 0.000000461. The molecule has 5 fully saturated rings. The maximum Gasteiger partial charge on any atom is 0.332 e. The second-order valence-electron chi connectivity index (χ2n) is 19.5. The molecule has 0 spiro atoms. The normalized spacial score (nSPS) is 34.3. The molecular weight excluding hydrogens is 1110 g/mol. The molecule has 0 aromatic rings. The van der Waals surface area contributed by atoms with Crippen LogP contribution in [0.4, 0.5) is 0 Å². The molecule has 5 rings (SSSR count). The van der Waals surface area contributed by atoms with E-state index in [0.717, 1.165) is 0 Å². The average molecular weight is 1210 g/mol. The number of ether oxygens (including phenoxy) is 12. The highest BCUT2D eigenvalue weighted by Gasteiger charge is 2.52. The lowest BCUT2D eigenvalue weighted by molar-refractivity contribution is -0.354. The van der Waals surface area contributed by atoms with E-state index in [1.807, 2.05) is 0 Å². The minimum Gasteiger partial charge on any atom is -0.397 e. The van der Waals surface area contributed by atoms with Gasteiger partial charge in [-0.05, 0) is 6.92 Å². The summed E-state index contributed by atoms with van der Waals surface area (Å²) in [4.78, 5) is 59.6. The highest BCUT2D eigenvalue weighted by Crippen LogP contribution is 2.34. The van der Waals surface area contributed by atoms with Gasteiger partial charge in [-0.2, -0.15) is 0 Å². The fourth-order valence-corrected chi connectivity index (χ4v) is 8.42. The van der Waals surface area contributed by atoms with Crippen LogP contribution in [0, 0.1) is 11.8 Å². The van der Waals surface area contributed by atoms with E-state index in [1.165, 1.54) is 14.2 Å². The summed E-state index contributed by atoms with van der Waals surface area (Å²) in [6.45, 7) is 12.7. The van der Waals surface area contributed by atoms with Crippen molar-refractivity contribution in [1.29, 1.82) is 0 Å². The van der Waals surface area contributed by atoms with Crippen molar-refractivity contribution in [3.8, 4) is 0 Å². The molecule has 486 valence electrons. The number of nitrogens with one attached hydrogen (secondary N) is 2. The van der Waals surface area contributed by atoms with Gasteiger partial charge < -0.3 is 130 Å². The van der Waals surface area contributed by atoms with Gasteiger partial charge in [-0.25, -0.2) is 4.79 Å². The van der Waals surface area contributed by atoms with E-state index in [0.29, 0.717) is 37.6 Å². The number of amides is 4. The van der Waals surface area contributed by atoms with Crippen LogP contribution in [0.5, 0.6) is 0 Å². The molecule has 5 aliphatic rings. The Kier molecular flexibility index (Phi) is 37.3. The lowest BCUT2D eigenvalue weighted by Crippen LogP contribution is -2.63. The molecule has 0 bridgehead atoms. The van der Waals surface area contributed by atoms with Crippen LogP contribution in [0.15, 0.2) is 0 Å². The van der Waals surface area contributed by atoms with E-state index in [9.17, 15) is 64.8 Å². The van der Waals surface area contributed by atoms with Gasteiger partial charge in [0.15, 0.2) is 25.2 Å². The predicted octanol–water partition coefficient (Wildman–Crippen LogP) is -5.87. The third-order valence-electron chi connectivity index (χ3n) is 13.4. The van der Waals surface area contributed by atoms with Crippen molar-refractivity contribution in [3.63, 3.8) is 0 Å². The monoisotopic (exact) mass is 1210 g/mol. The summed E-state index contributed by atoms with van der Waals surface area (Å²) in [5, 5.41) is 97.6. The average Bonchev–Trinajstić information content (AvgIpc) is 3.97. The molecule has 0 aromatic carbocycles. The van der Waals surface area contributed by atoms with Gasteiger partial charge in [-0.3, -0.25) is 19.2 Å². The number of aliphatic hydroxyl groups excluding tert-OH is 9. The highest BCUT2D eigenvalue weighted by molar-refractivity contribution is 6.01. The molecule has 32 heteroatoms. The second-order valence-corrected chi connectivity index (χ2v) is 19.5. The number of aliphatic hydroxyl groups is 9. The molecule has 5 saturated heterocycles. The zero-order chi connectivity index (χ0) is 62.3. The van der Waals surface area contributed by atoms with E-state index in [2.05, 4.69) is 15.5 Å². The minimum absolute atomic E-state index is 0.00365. The molecule has 83 heavy (non-hydrogen) atoms. The van der Waals surface area contributed by atoms with Gasteiger partial charge in [0.05, 0.1) is 77.3 Å². The molecule has 5 aliphatic heterocycles. The largest absolute Gasteiger partial charge is 0.397 e. The molecule has 4 amide bonds. The number of hydroxylamine groups is 2. The van der Waals surface area contributed by atoms with Gasteiger partial charge >= 0.3 is 5.97 Å². The van der Waals surface area contributed by atoms with Gasteiger partial charge in [0.1, 0.15) is 61.0 Å². The van der Waals surface area contributed by atoms with Gasteiger partial charge in [-0.15, -0.1) is 5.06 Å².